The van der Waals surface area contributed by atoms with Gasteiger partial charge in [-0.1, -0.05) is 25.0 Å². The van der Waals surface area contributed by atoms with Crippen LogP contribution < -0.4 is 10.6 Å². The molecule has 9 heteroatoms. The van der Waals surface area contributed by atoms with Crippen LogP contribution in [0.25, 0.3) is 0 Å². The second-order valence-corrected chi connectivity index (χ2v) is 9.40. The fourth-order valence-corrected chi connectivity index (χ4v) is 4.14. The summed E-state index contributed by atoms with van der Waals surface area (Å²) < 4.78 is 23.0. The van der Waals surface area contributed by atoms with Crippen molar-refractivity contribution in [3.05, 3.63) is 29.8 Å². The number of nitrogens with one attached hydrogen (secondary N) is 2. The number of halogens is 1. The van der Waals surface area contributed by atoms with Crippen LogP contribution >= 0.6 is 24.0 Å². The number of sulfone groups is 1. The molecule has 0 unspecified atom stereocenters. The summed E-state index contributed by atoms with van der Waals surface area (Å²) in [5.74, 6) is 0.791. The van der Waals surface area contributed by atoms with Gasteiger partial charge in [-0.05, 0) is 30.5 Å². The molecule has 0 aromatic heterocycles. The fourth-order valence-electron chi connectivity index (χ4n) is 3.51. The molecule has 1 aliphatic carbocycles. The Morgan fingerprint density at radius 2 is 1.71 bits per heavy atom. The number of benzene rings is 1. The van der Waals surface area contributed by atoms with Gasteiger partial charge in [0.15, 0.2) is 15.8 Å². The van der Waals surface area contributed by atoms with Gasteiger partial charge in [0.1, 0.15) is 0 Å². The molecular formula is C19H31IN4O3S. The molecule has 158 valence electrons. The van der Waals surface area contributed by atoms with E-state index in [0.717, 1.165) is 31.2 Å². The molecule has 0 saturated heterocycles. The zero-order chi connectivity index (χ0) is 20.1. The molecule has 2 N–H and O–H groups in total. The van der Waals surface area contributed by atoms with Crippen LogP contribution in [0.15, 0.2) is 34.2 Å². The SMILES string of the molecule is CN=C(NCc1ccc(S(C)(=O)=O)cc1)NCC1(C(=O)N(C)C)CCCC1.I. The zero-order valence-electron chi connectivity index (χ0n) is 17.0. The summed E-state index contributed by atoms with van der Waals surface area (Å²) in [6, 6.07) is 6.77. The van der Waals surface area contributed by atoms with Gasteiger partial charge in [-0.15, -0.1) is 24.0 Å². The predicted octanol–water partition coefficient (Wildman–Crippen LogP) is 2.02. The number of hydrogen-bond acceptors (Lipinski definition) is 4. The van der Waals surface area contributed by atoms with Crippen molar-refractivity contribution >= 4 is 45.7 Å². The first-order valence-electron chi connectivity index (χ1n) is 9.13. The Morgan fingerprint density at radius 1 is 1.14 bits per heavy atom. The van der Waals surface area contributed by atoms with Crippen molar-refractivity contribution in [2.24, 2.45) is 10.4 Å². The van der Waals surface area contributed by atoms with E-state index >= 15 is 0 Å². The van der Waals surface area contributed by atoms with E-state index in [0.29, 0.717) is 23.9 Å². The quantitative estimate of drug-likeness (QED) is 0.339. The molecule has 0 radical (unpaired) electrons. The van der Waals surface area contributed by atoms with E-state index in [1.54, 1.807) is 50.3 Å². The van der Waals surface area contributed by atoms with E-state index in [-0.39, 0.29) is 35.3 Å². The van der Waals surface area contributed by atoms with Crippen LogP contribution in [0, 0.1) is 5.41 Å². The van der Waals surface area contributed by atoms with Crippen LogP contribution in [0.2, 0.25) is 0 Å². The molecule has 0 aliphatic heterocycles. The van der Waals surface area contributed by atoms with Crippen LogP contribution in [0.3, 0.4) is 0 Å². The monoisotopic (exact) mass is 522 g/mol. The van der Waals surface area contributed by atoms with Crippen LogP contribution in [0.4, 0.5) is 0 Å². The Hall–Kier alpha value is -1.36. The molecular weight excluding hydrogens is 491 g/mol. The number of guanidine groups is 1. The molecule has 7 nitrogen and oxygen atoms in total. The average molecular weight is 522 g/mol. The minimum atomic E-state index is -3.19. The maximum atomic E-state index is 12.6. The summed E-state index contributed by atoms with van der Waals surface area (Å²) in [6.45, 7) is 1.06. The molecule has 0 spiro atoms. The summed E-state index contributed by atoms with van der Waals surface area (Å²) in [6.07, 6.45) is 5.11. The molecule has 1 fully saturated rings. The van der Waals surface area contributed by atoms with Crippen LogP contribution in [0.1, 0.15) is 31.2 Å². The third kappa shape index (κ3) is 6.33. The standard InChI is InChI=1S/C19H30N4O3S.HI/c1-20-18(21-13-15-7-9-16(10-8-15)27(4,25)26)22-14-19(11-5-6-12-19)17(24)23(2)3;/h7-10H,5-6,11-14H2,1-4H3,(H2,20,21,22);1H. The van der Waals surface area contributed by atoms with Crippen molar-refractivity contribution < 1.29 is 13.2 Å². The van der Waals surface area contributed by atoms with Crippen LogP contribution in [-0.4, -0.2) is 59.1 Å². The Bertz CT molecular complexity index is 786. The number of rotatable bonds is 6. The van der Waals surface area contributed by atoms with Crippen molar-refractivity contribution in [2.45, 2.75) is 37.1 Å². The molecule has 2 rings (SSSR count). The highest BCUT2D eigenvalue weighted by molar-refractivity contribution is 14.0. The largest absolute Gasteiger partial charge is 0.355 e. The average Bonchev–Trinajstić information content (AvgIpc) is 3.10. The molecule has 0 atom stereocenters. The van der Waals surface area contributed by atoms with Crippen molar-refractivity contribution in [1.29, 1.82) is 0 Å². The predicted molar refractivity (Wildman–Crippen MR) is 123 cm³/mol. The Kier molecular flexibility index (Phi) is 9.19. The first kappa shape index (κ1) is 24.7. The van der Waals surface area contributed by atoms with E-state index in [4.69, 9.17) is 0 Å². The molecule has 0 heterocycles. The minimum absolute atomic E-state index is 0. The van der Waals surface area contributed by atoms with Gasteiger partial charge in [-0.2, -0.15) is 0 Å². The summed E-state index contributed by atoms with van der Waals surface area (Å²) in [7, 11) is 2.11. The first-order valence-corrected chi connectivity index (χ1v) is 11.0. The normalized spacial score (nSPS) is 16.2. The molecule has 1 amide bonds. The van der Waals surface area contributed by atoms with Crippen molar-refractivity contribution in [1.82, 2.24) is 15.5 Å². The smallest absolute Gasteiger partial charge is 0.230 e. The maximum absolute atomic E-state index is 12.6. The lowest BCUT2D eigenvalue weighted by atomic mass is 9.84. The zero-order valence-corrected chi connectivity index (χ0v) is 20.1. The Labute approximate surface area is 185 Å². The summed E-state index contributed by atoms with van der Waals surface area (Å²) in [4.78, 5) is 18.8. The highest BCUT2D eigenvalue weighted by atomic mass is 127. The fraction of sp³-hybridized carbons (Fsp3) is 0.579. The van der Waals surface area contributed by atoms with Crippen LogP contribution in [-0.2, 0) is 21.2 Å². The molecule has 0 bridgehead atoms. The van der Waals surface area contributed by atoms with E-state index in [9.17, 15) is 13.2 Å². The summed E-state index contributed by atoms with van der Waals surface area (Å²) in [5, 5.41) is 6.51. The molecule has 1 aromatic carbocycles. The third-order valence-corrected chi connectivity index (χ3v) is 6.18. The topological polar surface area (TPSA) is 90.9 Å². The van der Waals surface area contributed by atoms with E-state index < -0.39 is 9.84 Å². The lowest BCUT2D eigenvalue weighted by Gasteiger charge is -2.31. The number of hydrogen-bond donors (Lipinski definition) is 2. The van der Waals surface area contributed by atoms with Gasteiger partial charge in [-0.25, -0.2) is 8.42 Å². The van der Waals surface area contributed by atoms with Crippen molar-refractivity contribution in [3.63, 3.8) is 0 Å². The highest BCUT2D eigenvalue weighted by Crippen LogP contribution is 2.38. The van der Waals surface area contributed by atoms with Gasteiger partial charge in [0, 0.05) is 40.5 Å². The Balaban J connectivity index is 0.00000392. The number of aliphatic imine (C=N–C) groups is 1. The number of carbonyl (C=O) groups is 1. The number of carbonyl (C=O) groups excluding carboxylic acids is 1. The lowest BCUT2D eigenvalue weighted by molar-refractivity contribution is -0.138. The minimum Gasteiger partial charge on any atom is -0.355 e. The highest BCUT2D eigenvalue weighted by Gasteiger charge is 2.42. The molecule has 28 heavy (non-hydrogen) atoms. The van der Waals surface area contributed by atoms with Gasteiger partial charge in [0.25, 0.3) is 0 Å². The van der Waals surface area contributed by atoms with E-state index in [1.165, 1.54) is 6.26 Å². The lowest BCUT2D eigenvalue weighted by Crippen LogP contribution is -2.49. The van der Waals surface area contributed by atoms with Gasteiger partial charge >= 0.3 is 0 Å². The summed E-state index contributed by atoms with van der Waals surface area (Å²) in [5.41, 5.74) is 0.587. The van der Waals surface area contributed by atoms with Crippen molar-refractivity contribution in [2.75, 3.05) is 33.9 Å². The number of nitrogens with zero attached hydrogens (tertiary/aromatic N) is 2. The van der Waals surface area contributed by atoms with Crippen LogP contribution in [0.5, 0.6) is 0 Å². The van der Waals surface area contributed by atoms with Gasteiger partial charge in [-0.3, -0.25) is 9.79 Å². The summed E-state index contributed by atoms with van der Waals surface area (Å²) >= 11 is 0. The first-order chi connectivity index (χ1) is 12.7. The molecule has 1 aliphatic rings. The van der Waals surface area contributed by atoms with Gasteiger partial charge < -0.3 is 15.5 Å². The Morgan fingerprint density at radius 3 is 2.18 bits per heavy atom. The second-order valence-electron chi connectivity index (χ2n) is 7.38. The van der Waals surface area contributed by atoms with Gasteiger partial charge in [0.2, 0.25) is 5.91 Å². The third-order valence-electron chi connectivity index (χ3n) is 5.05. The van der Waals surface area contributed by atoms with Gasteiger partial charge in [0.05, 0.1) is 10.3 Å². The van der Waals surface area contributed by atoms with E-state index in [1.807, 2.05) is 0 Å². The molecule has 1 saturated carbocycles. The maximum Gasteiger partial charge on any atom is 0.230 e. The van der Waals surface area contributed by atoms with E-state index in [2.05, 4.69) is 15.6 Å². The second kappa shape index (κ2) is 10.4. The molecule has 1 aromatic rings. The van der Waals surface area contributed by atoms with Crippen molar-refractivity contribution in [3.8, 4) is 0 Å². The number of amides is 1.